The number of urea groups is 1. The summed E-state index contributed by atoms with van der Waals surface area (Å²) in [5, 5.41) is 2.94. The van der Waals surface area contributed by atoms with Crippen LogP contribution in [0.15, 0.2) is 36.5 Å². The van der Waals surface area contributed by atoms with Crippen LogP contribution >= 0.6 is 23.2 Å². The highest BCUT2D eigenvalue weighted by molar-refractivity contribution is 6.33. The maximum Gasteiger partial charge on any atom is 0.416 e. The minimum atomic E-state index is -4.50. The molecule has 10 heteroatoms. The summed E-state index contributed by atoms with van der Waals surface area (Å²) in [4.78, 5) is 20.5. The Kier molecular flexibility index (Phi) is 5.90. The van der Waals surface area contributed by atoms with Gasteiger partial charge in [-0.25, -0.2) is 9.78 Å². The molecule has 2 heterocycles. The van der Waals surface area contributed by atoms with Crippen molar-refractivity contribution in [3.8, 4) is 0 Å². The first kappa shape index (κ1) is 20.5. The molecular formula is C18H17Cl2F3N4O. The predicted octanol–water partition coefficient (Wildman–Crippen LogP) is 5.15. The second-order valence-corrected chi connectivity index (χ2v) is 7.23. The Morgan fingerprint density at radius 1 is 1.21 bits per heavy atom. The van der Waals surface area contributed by atoms with E-state index in [2.05, 4.69) is 10.3 Å². The Bertz CT molecular complexity index is 878. The van der Waals surface area contributed by atoms with Crippen LogP contribution in [-0.4, -0.2) is 41.6 Å². The molecule has 1 aliphatic heterocycles. The van der Waals surface area contributed by atoms with Gasteiger partial charge in [-0.3, -0.25) is 0 Å². The van der Waals surface area contributed by atoms with Gasteiger partial charge in [-0.1, -0.05) is 23.2 Å². The fourth-order valence-corrected chi connectivity index (χ4v) is 3.51. The van der Waals surface area contributed by atoms with Gasteiger partial charge in [-0.15, -0.1) is 0 Å². The molecule has 28 heavy (non-hydrogen) atoms. The van der Waals surface area contributed by atoms with E-state index in [0.29, 0.717) is 30.5 Å². The van der Waals surface area contributed by atoms with Crippen molar-refractivity contribution < 1.29 is 18.0 Å². The van der Waals surface area contributed by atoms with E-state index in [1.54, 1.807) is 23.2 Å². The van der Waals surface area contributed by atoms with E-state index in [4.69, 9.17) is 23.2 Å². The maximum atomic E-state index is 12.7. The standard InChI is InChI=1S/C18H17Cl2F3N4O/c1-11-10-26(16-13(19)3-2-6-24-16)7-8-27(11)17(28)25-15-5-4-12(9-14(15)20)18(21,22)23/h2-6,9,11H,7-8,10H2,1H3,(H,25,28)/t11-/m1/s1. The lowest BCUT2D eigenvalue weighted by atomic mass is 10.2. The molecule has 5 nitrogen and oxygen atoms in total. The molecule has 150 valence electrons. The number of hydrogen-bond acceptors (Lipinski definition) is 3. The zero-order valence-corrected chi connectivity index (χ0v) is 16.3. The quantitative estimate of drug-likeness (QED) is 0.713. The van der Waals surface area contributed by atoms with Gasteiger partial charge in [0.25, 0.3) is 0 Å². The number of piperazine rings is 1. The summed E-state index contributed by atoms with van der Waals surface area (Å²) in [5.41, 5.74) is -0.744. The fraction of sp³-hybridized carbons (Fsp3) is 0.333. The van der Waals surface area contributed by atoms with E-state index in [1.807, 2.05) is 11.8 Å². The molecule has 2 aromatic rings. The normalized spacial score (nSPS) is 17.6. The number of hydrogen-bond donors (Lipinski definition) is 1. The molecule has 1 atom stereocenters. The molecule has 1 aliphatic rings. The molecule has 1 aromatic carbocycles. The summed E-state index contributed by atoms with van der Waals surface area (Å²) in [6.07, 6.45) is -2.85. The molecule has 1 saturated heterocycles. The first-order chi connectivity index (χ1) is 13.2. The Balaban J connectivity index is 1.67. The zero-order chi connectivity index (χ0) is 20.5. The highest BCUT2D eigenvalue weighted by Gasteiger charge is 2.32. The van der Waals surface area contributed by atoms with Crippen LogP contribution in [0.2, 0.25) is 10.0 Å². The zero-order valence-electron chi connectivity index (χ0n) is 14.8. The van der Waals surface area contributed by atoms with Crippen LogP contribution in [0.4, 0.5) is 29.5 Å². The number of anilines is 2. The van der Waals surface area contributed by atoms with Crippen LogP contribution in [0.1, 0.15) is 12.5 Å². The van der Waals surface area contributed by atoms with E-state index in [1.165, 1.54) is 0 Å². The van der Waals surface area contributed by atoms with Crippen molar-refractivity contribution in [2.24, 2.45) is 0 Å². The maximum absolute atomic E-state index is 12.7. The van der Waals surface area contributed by atoms with Crippen LogP contribution in [0.3, 0.4) is 0 Å². The van der Waals surface area contributed by atoms with E-state index < -0.39 is 17.8 Å². The fourth-order valence-electron chi connectivity index (χ4n) is 3.04. The highest BCUT2D eigenvalue weighted by Crippen LogP contribution is 2.34. The van der Waals surface area contributed by atoms with Crippen molar-refractivity contribution in [3.63, 3.8) is 0 Å². The van der Waals surface area contributed by atoms with E-state index in [9.17, 15) is 18.0 Å². The summed E-state index contributed by atoms with van der Waals surface area (Å²) < 4.78 is 38.2. The Hall–Kier alpha value is -2.19. The number of aromatic nitrogens is 1. The van der Waals surface area contributed by atoms with Crippen molar-refractivity contribution in [1.82, 2.24) is 9.88 Å². The van der Waals surface area contributed by atoms with Gasteiger partial charge in [-0.05, 0) is 37.3 Å². The third-order valence-electron chi connectivity index (χ3n) is 4.46. The van der Waals surface area contributed by atoms with Gasteiger partial charge in [0, 0.05) is 31.9 Å². The number of carbonyl (C=O) groups is 1. The molecule has 0 bridgehead atoms. The number of nitrogens with zero attached hydrogens (tertiary/aromatic N) is 3. The molecule has 1 aromatic heterocycles. The summed E-state index contributed by atoms with van der Waals surface area (Å²) in [6.45, 7) is 3.31. The minimum Gasteiger partial charge on any atom is -0.352 e. The molecule has 0 spiro atoms. The van der Waals surface area contributed by atoms with Crippen molar-refractivity contribution in [3.05, 3.63) is 52.1 Å². The molecular weight excluding hydrogens is 416 g/mol. The van der Waals surface area contributed by atoms with Crippen molar-refractivity contribution >= 4 is 40.7 Å². The Morgan fingerprint density at radius 3 is 2.57 bits per heavy atom. The number of pyridine rings is 1. The van der Waals surface area contributed by atoms with Crippen LogP contribution in [-0.2, 0) is 6.18 Å². The predicted molar refractivity (Wildman–Crippen MR) is 103 cm³/mol. The number of rotatable bonds is 2. The molecule has 0 aliphatic carbocycles. The van der Waals surface area contributed by atoms with Crippen LogP contribution in [0.5, 0.6) is 0 Å². The number of alkyl halides is 3. The van der Waals surface area contributed by atoms with Gasteiger partial charge < -0.3 is 15.1 Å². The average Bonchev–Trinajstić information content (AvgIpc) is 2.62. The molecule has 1 fully saturated rings. The van der Waals surface area contributed by atoms with E-state index in [-0.39, 0.29) is 16.8 Å². The van der Waals surface area contributed by atoms with Crippen LogP contribution in [0.25, 0.3) is 0 Å². The summed E-state index contributed by atoms with van der Waals surface area (Å²) in [7, 11) is 0. The lowest BCUT2D eigenvalue weighted by molar-refractivity contribution is -0.137. The number of amides is 2. The first-order valence-electron chi connectivity index (χ1n) is 8.46. The van der Waals surface area contributed by atoms with Gasteiger partial charge in [0.05, 0.1) is 21.3 Å². The lowest BCUT2D eigenvalue weighted by Crippen LogP contribution is -2.55. The smallest absolute Gasteiger partial charge is 0.352 e. The largest absolute Gasteiger partial charge is 0.416 e. The average molecular weight is 433 g/mol. The third-order valence-corrected chi connectivity index (χ3v) is 5.07. The van der Waals surface area contributed by atoms with Gasteiger partial charge in [0.15, 0.2) is 0 Å². The van der Waals surface area contributed by atoms with Gasteiger partial charge in [0.2, 0.25) is 0 Å². The summed E-state index contributed by atoms with van der Waals surface area (Å²) in [6, 6.07) is 5.72. The lowest BCUT2D eigenvalue weighted by Gasteiger charge is -2.40. The van der Waals surface area contributed by atoms with Gasteiger partial charge >= 0.3 is 12.2 Å². The van der Waals surface area contributed by atoms with Gasteiger partial charge in [-0.2, -0.15) is 13.2 Å². The molecule has 1 N–H and O–H groups in total. The number of halogens is 5. The SMILES string of the molecule is C[C@@H]1CN(c2ncccc2Cl)CCN1C(=O)Nc1ccc(C(F)(F)F)cc1Cl. The molecule has 2 amide bonds. The molecule has 0 saturated carbocycles. The number of nitrogens with one attached hydrogen (secondary N) is 1. The summed E-state index contributed by atoms with van der Waals surface area (Å²) >= 11 is 12.1. The topological polar surface area (TPSA) is 48.5 Å². The number of benzene rings is 1. The second-order valence-electron chi connectivity index (χ2n) is 6.42. The molecule has 0 radical (unpaired) electrons. The molecule has 0 unspecified atom stereocenters. The minimum absolute atomic E-state index is 0.127. The number of carbonyl (C=O) groups excluding carboxylic acids is 1. The first-order valence-corrected chi connectivity index (χ1v) is 9.22. The molecule has 3 rings (SSSR count). The monoisotopic (exact) mass is 432 g/mol. The van der Waals surface area contributed by atoms with E-state index >= 15 is 0 Å². The van der Waals surface area contributed by atoms with Crippen LogP contribution < -0.4 is 10.2 Å². The highest BCUT2D eigenvalue weighted by atomic mass is 35.5. The van der Waals surface area contributed by atoms with E-state index in [0.717, 1.165) is 18.2 Å². The Morgan fingerprint density at radius 2 is 1.96 bits per heavy atom. The van der Waals surface area contributed by atoms with Crippen LogP contribution in [0, 0.1) is 0 Å². The van der Waals surface area contributed by atoms with Crippen molar-refractivity contribution in [2.45, 2.75) is 19.1 Å². The third kappa shape index (κ3) is 4.44. The summed E-state index contributed by atoms with van der Waals surface area (Å²) in [5.74, 6) is 0.654. The second kappa shape index (κ2) is 8.05. The van der Waals surface area contributed by atoms with Crippen molar-refractivity contribution in [2.75, 3.05) is 29.9 Å². The van der Waals surface area contributed by atoms with Gasteiger partial charge in [0.1, 0.15) is 5.82 Å². The Labute approximate surface area is 170 Å². The van der Waals surface area contributed by atoms with Crippen molar-refractivity contribution in [1.29, 1.82) is 0 Å².